The second-order valence-corrected chi connectivity index (χ2v) is 8.48. The average molecular weight is 489 g/mol. The molecule has 4 aromatic rings. The third-order valence-corrected chi connectivity index (χ3v) is 6.41. The standard InChI is InChI=1S/C27H24N2O5S/c1-32-22-16-18(14-15-19(22)17-35-21-12-8-5-9-13-21)24-23(26(30)33-2)25(27(31)34-3)29(28-24)20-10-6-4-7-11-20/h4-16H,17H2,1-3H3. The third-order valence-electron chi connectivity index (χ3n) is 5.35. The van der Waals surface area contributed by atoms with Gasteiger partial charge in [0.15, 0.2) is 5.69 Å². The lowest BCUT2D eigenvalue weighted by atomic mass is 10.0. The zero-order valence-corrected chi connectivity index (χ0v) is 20.4. The molecule has 4 rings (SSSR count). The van der Waals surface area contributed by atoms with Crippen molar-refractivity contribution < 1.29 is 23.8 Å². The van der Waals surface area contributed by atoms with Gasteiger partial charge < -0.3 is 14.2 Å². The molecule has 0 radical (unpaired) electrons. The van der Waals surface area contributed by atoms with Crippen molar-refractivity contribution in [2.75, 3.05) is 21.3 Å². The normalized spacial score (nSPS) is 10.6. The van der Waals surface area contributed by atoms with Gasteiger partial charge in [-0.15, -0.1) is 11.8 Å². The zero-order chi connectivity index (χ0) is 24.8. The van der Waals surface area contributed by atoms with Crippen molar-refractivity contribution >= 4 is 23.7 Å². The number of methoxy groups -OCH3 is 3. The fourth-order valence-corrected chi connectivity index (χ4v) is 4.56. The molecule has 0 atom stereocenters. The minimum atomic E-state index is -0.698. The number of rotatable bonds is 8. The van der Waals surface area contributed by atoms with Crippen LogP contribution in [0, 0.1) is 0 Å². The van der Waals surface area contributed by atoms with Crippen LogP contribution in [0.25, 0.3) is 16.9 Å². The summed E-state index contributed by atoms with van der Waals surface area (Å²) in [6.07, 6.45) is 0. The highest BCUT2D eigenvalue weighted by Crippen LogP contribution is 2.34. The molecule has 0 unspecified atom stereocenters. The maximum absolute atomic E-state index is 12.9. The molecule has 178 valence electrons. The number of ether oxygens (including phenoxy) is 3. The van der Waals surface area contributed by atoms with Crippen LogP contribution < -0.4 is 4.74 Å². The van der Waals surface area contributed by atoms with Gasteiger partial charge in [0.25, 0.3) is 0 Å². The van der Waals surface area contributed by atoms with Crippen molar-refractivity contribution in [2.45, 2.75) is 10.6 Å². The van der Waals surface area contributed by atoms with E-state index in [0.717, 1.165) is 10.5 Å². The van der Waals surface area contributed by atoms with Crippen molar-refractivity contribution in [2.24, 2.45) is 0 Å². The molecule has 0 aliphatic rings. The highest BCUT2D eigenvalue weighted by Gasteiger charge is 2.31. The quantitative estimate of drug-likeness (QED) is 0.242. The Labute approximate surface area is 207 Å². The molecule has 0 aliphatic carbocycles. The number of aromatic nitrogens is 2. The van der Waals surface area contributed by atoms with Gasteiger partial charge in [0, 0.05) is 21.8 Å². The van der Waals surface area contributed by atoms with Crippen LogP contribution in [0.4, 0.5) is 0 Å². The van der Waals surface area contributed by atoms with Gasteiger partial charge in [-0.25, -0.2) is 14.3 Å². The van der Waals surface area contributed by atoms with E-state index in [1.54, 1.807) is 31.0 Å². The van der Waals surface area contributed by atoms with Crippen LogP contribution in [-0.4, -0.2) is 43.0 Å². The van der Waals surface area contributed by atoms with E-state index in [4.69, 9.17) is 14.2 Å². The summed E-state index contributed by atoms with van der Waals surface area (Å²) in [6, 6.07) is 24.7. The molecule has 7 nitrogen and oxygen atoms in total. The molecule has 1 aromatic heterocycles. The molecule has 0 saturated heterocycles. The average Bonchev–Trinajstić information content (AvgIpc) is 3.32. The first-order chi connectivity index (χ1) is 17.1. The molecule has 0 amide bonds. The number of hydrogen-bond acceptors (Lipinski definition) is 7. The second kappa shape index (κ2) is 10.9. The Balaban J connectivity index is 1.82. The van der Waals surface area contributed by atoms with E-state index >= 15 is 0 Å². The van der Waals surface area contributed by atoms with Gasteiger partial charge in [-0.1, -0.05) is 48.5 Å². The maximum Gasteiger partial charge on any atom is 0.357 e. The predicted molar refractivity (Wildman–Crippen MR) is 134 cm³/mol. The van der Waals surface area contributed by atoms with E-state index in [0.29, 0.717) is 28.4 Å². The third kappa shape index (κ3) is 5.07. The van der Waals surface area contributed by atoms with Crippen LogP contribution in [-0.2, 0) is 15.2 Å². The summed E-state index contributed by atoms with van der Waals surface area (Å²) in [7, 11) is 4.12. The van der Waals surface area contributed by atoms with Crippen LogP contribution in [0.2, 0.25) is 0 Å². The molecule has 8 heteroatoms. The number of para-hydroxylation sites is 1. The smallest absolute Gasteiger partial charge is 0.357 e. The van der Waals surface area contributed by atoms with Gasteiger partial charge >= 0.3 is 11.9 Å². The summed E-state index contributed by atoms with van der Waals surface area (Å²) in [5, 5.41) is 4.64. The Bertz CT molecular complexity index is 1340. The number of carbonyl (C=O) groups excluding carboxylic acids is 2. The highest BCUT2D eigenvalue weighted by molar-refractivity contribution is 7.98. The van der Waals surface area contributed by atoms with Crippen molar-refractivity contribution in [3.63, 3.8) is 0 Å². The van der Waals surface area contributed by atoms with Gasteiger partial charge in [-0.05, 0) is 30.3 Å². The van der Waals surface area contributed by atoms with Crippen molar-refractivity contribution in [1.29, 1.82) is 0 Å². The Morgan fingerprint density at radius 2 is 1.51 bits per heavy atom. The Hall–Kier alpha value is -4.04. The maximum atomic E-state index is 12.9. The molecule has 0 aliphatic heterocycles. The van der Waals surface area contributed by atoms with E-state index in [2.05, 4.69) is 17.2 Å². The Kier molecular flexibility index (Phi) is 7.52. The van der Waals surface area contributed by atoms with Crippen molar-refractivity contribution in [3.8, 4) is 22.7 Å². The van der Waals surface area contributed by atoms with E-state index in [9.17, 15) is 9.59 Å². The Morgan fingerprint density at radius 3 is 2.14 bits per heavy atom. The number of benzene rings is 3. The first-order valence-corrected chi connectivity index (χ1v) is 11.8. The van der Waals surface area contributed by atoms with E-state index < -0.39 is 11.9 Å². The van der Waals surface area contributed by atoms with Crippen LogP contribution in [0.1, 0.15) is 26.4 Å². The van der Waals surface area contributed by atoms with Crippen molar-refractivity contribution in [1.82, 2.24) is 9.78 Å². The van der Waals surface area contributed by atoms with Gasteiger partial charge in [-0.2, -0.15) is 5.10 Å². The second-order valence-electron chi connectivity index (χ2n) is 7.43. The summed E-state index contributed by atoms with van der Waals surface area (Å²) in [4.78, 5) is 26.8. The fourth-order valence-electron chi connectivity index (χ4n) is 3.65. The van der Waals surface area contributed by atoms with Crippen molar-refractivity contribution in [3.05, 3.63) is 95.7 Å². The summed E-state index contributed by atoms with van der Waals surface area (Å²) < 4.78 is 17.1. The summed E-state index contributed by atoms with van der Waals surface area (Å²) in [5.41, 5.74) is 2.50. The fraction of sp³-hybridized carbons (Fsp3) is 0.148. The molecule has 35 heavy (non-hydrogen) atoms. The summed E-state index contributed by atoms with van der Waals surface area (Å²) >= 11 is 1.69. The minimum Gasteiger partial charge on any atom is -0.496 e. The van der Waals surface area contributed by atoms with Crippen LogP contribution in [0.5, 0.6) is 5.75 Å². The molecule has 0 spiro atoms. The number of thioether (sulfide) groups is 1. The lowest BCUT2D eigenvalue weighted by molar-refractivity contribution is 0.0549. The molecule has 0 saturated carbocycles. The number of hydrogen-bond donors (Lipinski definition) is 0. The lowest BCUT2D eigenvalue weighted by Crippen LogP contribution is -2.15. The molecular weight excluding hydrogens is 464 g/mol. The highest BCUT2D eigenvalue weighted by atomic mass is 32.2. The number of nitrogens with zero attached hydrogens (tertiary/aromatic N) is 2. The first kappa shape index (κ1) is 24.1. The zero-order valence-electron chi connectivity index (χ0n) is 19.6. The van der Waals surface area contributed by atoms with Gasteiger partial charge in [0.1, 0.15) is 17.0 Å². The van der Waals surface area contributed by atoms with Crippen LogP contribution in [0.15, 0.2) is 83.8 Å². The van der Waals surface area contributed by atoms with Gasteiger partial charge in [-0.3, -0.25) is 0 Å². The molecule has 0 bridgehead atoms. The molecule has 0 fully saturated rings. The lowest BCUT2D eigenvalue weighted by Gasteiger charge is -2.11. The van der Waals surface area contributed by atoms with Gasteiger partial charge in [0.2, 0.25) is 0 Å². The SMILES string of the molecule is COC(=O)c1c(-c2ccc(CSc3ccccc3)c(OC)c2)nn(-c2ccccc2)c1C(=O)OC. The predicted octanol–water partition coefficient (Wildman–Crippen LogP) is 5.41. The summed E-state index contributed by atoms with van der Waals surface area (Å²) in [5.74, 6) is -0.0415. The topological polar surface area (TPSA) is 79.7 Å². The molecule has 1 heterocycles. The van der Waals surface area contributed by atoms with E-state index in [-0.39, 0.29) is 11.3 Å². The molecular formula is C27H24N2O5S. The van der Waals surface area contributed by atoms with E-state index in [1.807, 2.05) is 54.6 Å². The molecule has 0 N–H and O–H groups in total. The first-order valence-electron chi connectivity index (χ1n) is 10.8. The Morgan fingerprint density at radius 1 is 0.857 bits per heavy atom. The minimum absolute atomic E-state index is 0.0109. The molecule has 3 aromatic carbocycles. The van der Waals surface area contributed by atoms with Gasteiger partial charge in [0.05, 0.1) is 27.0 Å². The number of carbonyl (C=O) groups is 2. The largest absolute Gasteiger partial charge is 0.496 e. The van der Waals surface area contributed by atoms with E-state index in [1.165, 1.54) is 18.9 Å². The number of esters is 2. The monoisotopic (exact) mass is 488 g/mol. The van der Waals surface area contributed by atoms with Crippen LogP contribution in [0.3, 0.4) is 0 Å². The summed E-state index contributed by atoms with van der Waals surface area (Å²) in [6.45, 7) is 0. The van der Waals surface area contributed by atoms with Crippen LogP contribution >= 0.6 is 11.8 Å².